The number of hydrogen-bond donors (Lipinski definition) is 1. The van der Waals surface area contributed by atoms with Crippen LogP contribution in [-0.2, 0) is 4.79 Å². The highest BCUT2D eigenvalue weighted by Crippen LogP contribution is 2.25. The zero-order valence-electron chi connectivity index (χ0n) is 11.2. The highest BCUT2D eigenvalue weighted by atomic mass is 32.1. The quantitative estimate of drug-likeness (QED) is 0.639. The Morgan fingerprint density at radius 1 is 1.22 bits per heavy atom. The highest BCUT2D eigenvalue weighted by Gasteiger charge is 2.14. The van der Waals surface area contributed by atoms with Crippen molar-refractivity contribution in [3.05, 3.63) is 40.9 Å². The molecule has 1 amide bonds. The first-order chi connectivity index (χ1) is 11.0. The number of benzene rings is 1. The van der Waals surface area contributed by atoms with E-state index in [0.717, 1.165) is 6.08 Å². The molecule has 1 aromatic heterocycles. The number of rotatable bonds is 6. The molecule has 2 aromatic rings. The molecule has 0 spiro atoms. The molecule has 2 rings (SSSR count). The SMILES string of the molecule is O=C(C=Cc1ccccc1OC(F)F)Nc1nnc(C(F)F)s1. The van der Waals surface area contributed by atoms with Crippen LogP contribution in [0.2, 0.25) is 0 Å². The summed E-state index contributed by atoms with van der Waals surface area (Å²) in [5.41, 5.74) is 0.258. The second-order valence-corrected chi connectivity index (χ2v) is 4.99. The predicted molar refractivity (Wildman–Crippen MR) is 75.6 cm³/mol. The van der Waals surface area contributed by atoms with E-state index in [2.05, 4.69) is 20.3 Å². The van der Waals surface area contributed by atoms with Crippen molar-refractivity contribution in [2.75, 3.05) is 5.32 Å². The molecule has 0 aliphatic heterocycles. The van der Waals surface area contributed by atoms with Crippen molar-refractivity contribution in [3.8, 4) is 5.75 Å². The van der Waals surface area contributed by atoms with Gasteiger partial charge in [-0.05, 0) is 12.1 Å². The van der Waals surface area contributed by atoms with Gasteiger partial charge < -0.3 is 4.74 Å². The van der Waals surface area contributed by atoms with Gasteiger partial charge in [-0.2, -0.15) is 8.78 Å². The molecule has 1 heterocycles. The number of nitrogens with zero attached hydrogens (tertiary/aromatic N) is 2. The van der Waals surface area contributed by atoms with Gasteiger partial charge in [-0.3, -0.25) is 10.1 Å². The summed E-state index contributed by atoms with van der Waals surface area (Å²) in [6.07, 6.45) is -0.480. The lowest BCUT2D eigenvalue weighted by molar-refractivity contribution is -0.111. The van der Waals surface area contributed by atoms with Crippen LogP contribution in [0.1, 0.15) is 17.0 Å². The largest absolute Gasteiger partial charge is 0.434 e. The van der Waals surface area contributed by atoms with E-state index in [4.69, 9.17) is 0 Å². The topological polar surface area (TPSA) is 64.1 Å². The van der Waals surface area contributed by atoms with Crippen LogP contribution in [0, 0.1) is 0 Å². The van der Waals surface area contributed by atoms with Crippen LogP contribution >= 0.6 is 11.3 Å². The Hall–Kier alpha value is -2.49. The molecule has 0 fully saturated rings. The molecule has 0 bridgehead atoms. The summed E-state index contributed by atoms with van der Waals surface area (Å²) < 4.78 is 53.5. The number of ether oxygens (including phenoxy) is 1. The van der Waals surface area contributed by atoms with Gasteiger partial charge in [-0.25, -0.2) is 8.78 Å². The second kappa shape index (κ2) is 7.68. The van der Waals surface area contributed by atoms with Crippen molar-refractivity contribution in [1.82, 2.24) is 10.2 Å². The number of halogens is 4. The van der Waals surface area contributed by atoms with Crippen molar-refractivity contribution < 1.29 is 27.1 Å². The Morgan fingerprint density at radius 2 is 1.96 bits per heavy atom. The number of anilines is 1. The third-order valence-corrected chi connectivity index (χ3v) is 3.25. The number of alkyl halides is 4. The molecular weight excluding hydrogens is 338 g/mol. The average Bonchev–Trinajstić information content (AvgIpc) is 2.94. The van der Waals surface area contributed by atoms with E-state index < -0.39 is 24.0 Å². The Balaban J connectivity index is 2.03. The van der Waals surface area contributed by atoms with Gasteiger partial charge in [0.15, 0.2) is 5.01 Å². The summed E-state index contributed by atoms with van der Waals surface area (Å²) in [7, 11) is 0. The number of hydrogen-bond acceptors (Lipinski definition) is 5. The molecule has 0 radical (unpaired) electrons. The van der Waals surface area contributed by atoms with Crippen LogP contribution in [0.5, 0.6) is 5.75 Å². The van der Waals surface area contributed by atoms with E-state index in [1.54, 1.807) is 6.07 Å². The van der Waals surface area contributed by atoms with E-state index in [0.29, 0.717) is 11.3 Å². The summed E-state index contributed by atoms with van der Waals surface area (Å²) >= 11 is 0.541. The minimum atomic E-state index is -2.99. The summed E-state index contributed by atoms with van der Waals surface area (Å²) in [6, 6.07) is 5.88. The van der Waals surface area contributed by atoms with Crippen molar-refractivity contribution in [2.45, 2.75) is 13.0 Å². The zero-order valence-corrected chi connectivity index (χ0v) is 12.1. The van der Waals surface area contributed by atoms with Crippen LogP contribution in [-0.4, -0.2) is 22.7 Å². The van der Waals surface area contributed by atoms with E-state index in [-0.39, 0.29) is 16.4 Å². The molecule has 0 aliphatic carbocycles. The number of nitrogens with one attached hydrogen (secondary N) is 1. The average molecular weight is 347 g/mol. The van der Waals surface area contributed by atoms with E-state index in [1.807, 2.05) is 0 Å². The summed E-state index contributed by atoms with van der Waals surface area (Å²) in [5.74, 6) is -0.767. The molecule has 1 N–H and O–H groups in total. The first kappa shape index (κ1) is 16.9. The van der Waals surface area contributed by atoms with Gasteiger partial charge in [0.25, 0.3) is 6.43 Å². The maximum absolute atomic E-state index is 12.3. The smallest absolute Gasteiger partial charge is 0.387 e. The first-order valence-electron chi connectivity index (χ1n) is 6.10. The van der Waals surface area contributed by atoms with Crippen LogP contribution in [0.15, 0.2) is 30.3 Å². The molecule has 5 nitrogen and oxygen atoms in total. The van der Waals surface area contributed by atoms with Crippen LogP contribution in [0.3, 0.4) is 0 Å². The fraction of sp³-hybridized carbons (Fsp3) is 0.154. The van der Waals surface area contributed by atoms with Crippen molar-refractivity contribution in [3.63, 3.8) is 0 Å². The molecule has 23 heavy (non-hydrogen) atoms. The lowest BCUT2D eigenvalue weighted by Crippen LogP contribution is -2.07. The molecular formula is C13H9F4N3O2S. The number of aromatic nitrogens is 2. The van der Waals surface area contributed by atoms with Crippen LogP contribution in [0.4, 0.5) is 22.7 Å². The Morgan fingerprint density at radius 3 is 2.61 bits per heavy atom. The summed E-state index contributed by atoms with van der Waals surface area (Å²) in [6.45, 7) is -2.99. The molecule has 0 unspecified atom stereocenters. The number of carbonyl (C=O) groups excluding carboxylic acids is 1. The Labute approximate surface area is 131 Å². The molecule has 0 saturated heterocycles. The maximum Gasteiger partial charge on any atom is 0.387 e. The highest BCUT2D eigenvalue weighted by molar-refractivity contribution is 7.15. The summed E-state index contributed by atoms with van der Waals surface area (Å²) in [4.78, 5) is 11.7. The lowest BCUT2D eigenvalue weighted by Gasteiger charge is -2.07. The van der Waals surface area contributed by atoms with E-state index >= 15 is 0 Å². The third-order valence-electron chi connectivity index (χ3n) is 2.41. The minimum Gasteiger partial charge on any atom is -0.434 e. The molecule has 0 saturated carbocycles. The molecule has 1 aromatic carbocycles. The van der Waals surface area contributed by atoms with Gasteiger partial charge in [0.1, 0.15) is 5.75 Å². The van der Waals surface area contributed by atoms with Crippen molar-refractivity contribution >= 4 is 28.5 Å². The minimum absolute atomic E-state index is 0.0907. The van der Waals surface area contributed by atoms with E-state index in [9.17, 15) is 22.4 Å². The number of para-hydroxylation sites is 1. The van der Waals surface area contributed by atoms with Crippen molar-refractivity contribution in [1.29, 1.82) is 0 Å². The van der Waals surface area contributed by atoms with Gasteiger partial charge in [0.05, 0.1) is 0 Å². The second-order valence-electron chi connectivity index (χ2n) is 3.99. The normalized spacial score (nSPS) is 11.4. The Kier molecular flexibility index (Phi) is 5.63. The molecule has 0 aliphatic rings. The van der Waals surface area contributed by atoms with Crippen LogP contribution in [0.25, 0.3) is 6.08 Å². The molecule has 122 valence electrons. The van der Waals surface area contributed by atoms with Crippen LogP contribution < -0.4 is 10.1 Å². The van der Waals surface area contributed by atoms with Gasteiger partial charge in [-0.15, -0.1) is 10.2 Å². The number of amides is 1. The van der Waals surface area contributed by atoms with E-state index in [1.165, 1.54) is 24.3 Å². The fourth-order valence-corrected chi connectivity index (χ4v) is 2.11. The maximum atomic E-state index is 12.3. The summed E-state index contributed by atoms with van der Waals surface area (Å²) in [5, 5.41) is 8.24. The van der Waals surface area contributed by atoms with Crippen molar-refractivity contribution in [2.24, 2.45) is 0 Å². The zero-order chi connectivity index (χ0) is 16.8. The molecule has 10 heteroatoms. The Bertz CT molecular complexity index is 706. The van der Waals surface area contributed by atoms with Gasteiger partial charge in [0, 0.05) is 11.6 Å². The molecule has 0 atom stereocenters. The van der Waals surface area contributed by atoms with Gasteiger partial charge in [-0.1, -0.05) is 29.5 Å². The number of carbonyl (C=O) groups is 1. The third kappa shape index (κ3) is 5.02. The monoisotopic (exact) mass is 347 g/mol. The first-order valence-corrected chi connectivity index (χ1v) is 6.92. The fourth-order valence-electron chi connectivity index (χ4n) is 1.51. The van der Waals surface area contributed by atoms with Gasteiger partial charge in [0.2, 0.25) is 11.0 Å². The predicted octanol–water partition coefficient (Wildman–Crippen LogP) is 3.73. The van der Waals surface area contributed by atoms with Gasteiger partial charge >= 0.3 is 6.61 Å². The standard InChI is InChI=1S/C13H9F4N3O2S/c14-10(15)11-19-20-13(23-11)18-9(21)6-5-7-3-1-2-4-8(7)22-12(16)17/h1-6,10,12H,(H,18,20,21). The lowest BCUT2D eigenvalue weighted by atomic mass is 10.2.